The number of benzene rings is 2. The molecule has 1 N–H and O–H groups in total. The number of hydrogen-bond donors (Lipinski definition) is 1. The molecule has 0 saturated heterocycles. The van der Waals surface area contributed by atoms with Gasteiger partial charge in [-0.25, -0.2) is 13.1 Å². The molecule has 0 amide bonds. The number of nitrogens with one attached hydrogen (secondary N) is 1. The lowest BCUT2D eigenvalue weighted by molar-refractivity contribution is -0.384. The number of nitrogens with zero attached hydrogens (tertiary/aromatic N) is 1. The molecule has 0 atom stereocenters. The van der Waals surface area contributed by atoms with Gasteiger partial charge in [0.25, 0.3) is 5.69 Å². The lowest BCUT2D eigenvalue weighted by atomic mass is 10.2. The molecule has 0 unspecified atom stereocenters. The predicted molar refractivity (Wildman–Crippen MR) is 85.7 cm³/mol. The van der Waals surface area contributed by atoms with Crippen molar-refractivity contribution < 1.29 is 31.2 Å². The first-order valence-corrected chi connectivity index (χ1v) is 8.75. The van der Waals surface area contributed by atoms with Gasteiger partial charge in [-0.3, -0.25) is 10.1 Å². The van der Waals surface area contributed by atoms with Crippen LogP contribution in [-0.4, -0.2) is 19.7 Å². The smallest absolute Gasteiger partial charge is 0.405 e. The molecule has 0 bridgehead atoms. The van der Waals surface area contributed by atoms with Crippen molar-refractivity contribution >= 4 is 15.7 Å². The van der Waals surface area contributed by atoms with Crippen LogP contribution in [0.1, 0.15) is 11.1 Å². The summed E-state index contributed by atoms with van der Waals surface area (Å²) in [6, 6.07) is 10.1. The van der Waals surface area contributed by atoms with Crippen LogP contribution in [0.15, 0.2) is 48.5 Å². The van der Waals surface area contributed by atoms with Crippen molar-refractivity contribution in [1.29, 1.82) is 0 Å². The van der Waals surface area contributed by atoms with E-state index in [4.69, 9.17) is 0 Å². The fourth-order valence-corrected chi connectivity index (χ4v) is 3.15. The van der Waals surface area contributed by atoms with Crippen LogP contribution in [0.3, 0.4) is 0 Å². The fraction of sp³-hybridized carbons (Fsp3) is 0.200. The summed E-state index contributed by atoms with van der Waals surface area (Å²) in [5.74, 6) is -0.981. The van der Waals surface area contributed by atoms with Gasteiger partial charge in [0.05, 0.1) is 10.7 Å². The topological polar surface area (TPSA) is 98.5 Å². The van der Waals surface area contributed by atoms with Gasteiger partial charge < -0.3 is 4.74 Å². The summed E-state index contributed by atoms with van der Waals surface area (Å²) in [5, 5.41) is 10.6. The molecule has 0 saturated carbocycles. The average Bonchev–Trinajstić information content (AvgIpc) is 2.53. The molecule has 2 aromatic rings. The van der Waals surface area contributed by atoms with Gasteiger partial charge in [-0.15, -0.1) is 13.2 Å². The van der Waals surface area contributed by atoms with Gasteiger partial charge in [-0.05, 0) is 11.6 Å². The molecule has 0 fully saturated rings. The summed E-state index contributed by atoms with van der Waals surface area (Å²) in [4.78, 5) is 9.95. The van der Waals surface area contributed by atoms with Crippen LogP contribution in [-0.2, 0) is 22.3 Å². The summed E-state index contributed by atoms with van der Waals surface area (Å²) < 4.78 is 67.3. The first-order chi connectivity index (χ1) is 12.1. The van der Waals surface area contributed by atoms with E-state index in [1.54, 1.807) is 0 Å². The minimum atomic E-state index is -4.90. The average molecular weight is 390 g/mol. The molecule has 2 aromatic carbocycles. The molecule has 2 rings (SSSR count). The highest BCUT2D eigenvalue weighted by atomic mass is 32.2. The number of rotatable bonds is 7. The molecule has 11 heteroatoms. The Labute approximate surface area is 146 Å². The zero-order valence-electron chi connectivity index (χ0n) is 13.1. The van der Waals surface area contributed by atoms with Crippen molar-refractivity contribution in [3.05, 3.63) is 69.8 Å². The molecule has 0 aliphatic heterocycles. The fourth-order valence-electron chi connectivity index (χ4n) is 2.05. The van der Waals surface area contributed by atoms with E-state index in [-0.39, 0.29) is 11.3 Å². The number of para-hydroxylation sites is 1. The molecule has 0 aliphatic rings. The van der Waals surface area contributed by atoms with Gasteiger partial charge in [-0.2, -0.15) is 0 Å². The number of nitro groups is 1. The molecule has 0 heterocycles. The predicted octanol–water partition coefficient (Wildman–Crippen LogP) is 3.11. The summed E-state index contributed by atoms with van der Waals surface area (Å²) in [7, 11) is -3.88. The Morgan fingerprint density at radius 3 is 2.27 bits per heavy atom. The first kappa shape index (κ1) is 19.7. The Balaban J connectivity index is 2.05. The second kappa shape index (κ2) is 7.70. The molecule has 0 radical (unpaired) electrons. The molecular formula is C15H13F3N2O5S. The molecule has 26 heavy (non-hydrogen) atoms. The normalized spacial score (nSPS) is 12.0. The van der Waals surface area contributed by atoms with Gasteiger partial charge in [-0.1, -0.05) is 30.3 Å². The molecule has 0 aromatic heterocycles. The Hall–Kier alpha value is -2.66. The van der Waals surface area contributed by atoms with Crippen molar-refractivity contribution in [2.24, 2.45) is 0 Å². The van der Waals surface area contributed by atoms with E-state index in [1.807, 2.05) is 0 Å². The zero-order valence-corrected chi connectivity index (χ0v) is 13.9. The molecule has 0 aliphatic carbocycles. The van der Waals surface area contributed by atoms with E-state index in [0.29, 0.717) is 5.56 Å². The van der Waals surface area contributed by atoms with Gasteiger partial charge in [0.15, 0.2) is 0 Å². The van der Waals surface area contributed by atoms with Crippen molar-refractivity contribution in [3.63, 3.8) is 0 Å². The van der Waals surface area contributed by atoms with Crippen LogP contribution in [0.4, 0.5) is 18.9 Å². The Bertz CT molecular complexity index is 883. The van der Waals surface area contributed by atoms with E-state index >= 15 is 0 Å². The molecular weight excluding hydrogens is 377 g/mol. The van der Waals surface area contributed by atoms with Crippen LogP contribution in [0.25, 0.3) is 0 Å². The van der Waals surface area contributed by atoms with E-state index in [9.17, 15) is 31.7 Å². The highest BCUT2D eigenvalue weighted by Gasteiger charge is 2.32. The van der Waals surface area contributed by atoms with Crippen molar-refractivity contribution in [3.8, 4) is 5.75 Å². The summed E-state index contributed by atoms with van der Waals surface area (Å²) in [5.41, 5.74) is 0.123. The highest BCUT2D eigenvalue weighted by molar-refractivity contribution is 7.88. The van der Waals surface area contributed by atoms with Crippen LogP contribution < -0.4 is 9.46 Å². The zero-order chi connectivity index (χ0) is 19.4. The van der Waals surface area contributed by atoms with Gasteiger partial charge in [0, 0.05) is 24.2 Å². The Morgan fingerprint density at radius 2 is 1.69 bits per heavy atom. The maximum absolute atomic E-state index is 12.4. The summed E-state index contributed by atoms with van der Waals surface area (Å²) in [6.07, 6.45) is -4.90. The van der Waals surface area contributed by atoms with Crippen molar-refractivity contribution in [2.75, 3.05) is 0 Å². The van der Waals surface area contributed by atoms with Crippen LogP contribution in [0.2, 0.25) is 0 Å². The summed E-state index contributed by atoms with van der Waals surface area (Å²) in [6.45, 7) is -0.401. The van der Waals surface area contributed by atoms with Gasteiger partial charge >= 0.3 is 6.36 Å². The Kier molecular flexibility index (Phi) is 5.83. The third kappa shape index (κ3) is 6.01. The molecule has 140 valence electrons. The summed E-state index contributed by atoms with van der Waals surface area (Å²) >= 11 is 0. The number of halogens is 3. The maximum Gasteiger partial charge on any atom is 0.573 e. The van der Waals surface area contributed by atoms with E-state index in [2.05, 4.69) is 9.46 Å². The highest BCUT2D eigenvalue weighted by Crippen LogP contribution is 2.26. The minimum absolute atomic E-state index is 0.0112. The number of sulfonamides is 1. The van der Waals surface area contributed by atoms with Crippen LogP contribution in [0.5, 0.6) is 5.75 Å². The monoisotopic (exact) mass is 390 g/mol. The number of ether oxygens (including phenoxy) is 1. The molecule has 7 nitrogen and oxygen atoms in total. The standard InChI is InChI=1S/C15H13F3N2O5S/c16-15(17,18)25-14-4-2-1-3-12(14)9-19-26(23,24)10-11-5-7-13(8-6-11)20(21)22/h1-8,19H,9-10H2. The number of alkyl halides is 3. The second-order valence-electron chi connectivity index (χ2n) is 5.16. The third-order valence-electron chi connectivity index (χ3n) is 3.18. The van der Waals surface area contributed by atoms with E-state index < -0.39 is 39.4 Å². The number of nitro benzene ring substituents is 1. The second-order valence-corrected chi connectivity index (χ2v) is 6.97. The number of hydrogen-bond acceptors (Lipinski definition) is 5. The third-order valence-corrected chi connectivity index (χ3v) is 4.48. The molecule has 0 spiro atoms. The lowest BCUT2D eigenvalue weighted by Crippen LogP contribution is -2.25. The first-order valence-electron chi connectivity index (χ1n) is 7.10. The van der Waals surface area contributed by atoms with E-state index in [0.717, 1.165) is 18.2 Å². The SMILES string of the molecule is O=[N+]([O-])c1ccc(CS(=O)(=O)NCc2ccccc2OC(F)(F)F)cc1. The van der Waals surface area contributed by atoms with Crippen LogP contribution in [0, 0.1) is 10.1 Å². The van der Waals surface area contributed by atoms with Crippen LogP contribution >= 0.6 is 0 Å². The number of non-ortho nitro benzene ring substituents is 1. The Morgan fingerprint density at radius 1 is 1.08 bits per heavy atom. The minimum Gasteiger partial charge on any atom is -0.405 e. The maximum atomic E-state index is 12.4. The largest absolute Gasteiger partial charge is 0.573 e. The van der Waals surface area contributed by atoms with Gasteiger partial charge in [0.1, 0.15) is 5.75 Å². The lowest BCUT2D eigenvalue weighted by Gasteiger charge is -2.13. The van der Waals surface area contributed by atoms with Gasteiger partial charge in [0.2, 0.25) is 10.0 Å². The van der Waals surface area contributed by atoms with Crippen molar-refractivity contribution in [2.45, 2.75) is 18.7 Å². The van der Waals surface area contributed by atoms with E-state index in [1.165, 1.54) is 30.3 Å². The van der Waals surface area contributed by atoms with Crippen molar-refractivity contribution in [1.82, 2.24) is 4.72 Å². The quantitative estimate of drug-likeness (QED) is 0.579.